The van der Waals surface area contributed by atoms with Gasteiger partial charge in [-0.3, -0.25) is 9.78 Å². The lowest BCUT2D eigenvalue weighted by molar-refractivity contribution is 0.963. The second-order valence-electron chi connectivity index (χ2n) is 6.04. The number of nitrogens with zero attached hydrogens (tertiary/aromatic N) is 4. The normalized spacial score (nSPS) is 10.5. The second-order valence-corrected chi connectivity index (χ2v) is 6.04. The van der Waals surface area contributed by atoms with Crippen molar-refractivity contribution in [2.75, 3.05) is 5.32 Å². The van der Waals surface area contributed by atoms with E-state index in [1.54, 1.807) is 35.2 Å². The number of rotatable bonds is 3. The molecule has 130 valence electrons. The van der Waals surface area contributed by atoms with Crippen LogP contribution in [0.15, 0.2) is 71.8 Å². The molecule has 0 aliphatic carbocycles. The summed E-state index contributed by atoms with van der Waals surface area (Å²) in [7, 11) is 0. The van der Waals surface area contributed by atoms with Crippen LogP contribution in [-0.2, 0) is 0 Å². The molecule has 6 nitrogen and oxygen atoms in total. The minimum Gasteiger partial charge on any atom is -0.324 e. The summed E-state index contributed by atoms with van der Waals surface area (Å²) in [5, 5.41) is 3.59. The summed E-state index contributed by atoms with van der Waals surface area (Å²) >= 11 is 0. The van der Waals surface area contributed by atoms with Crippen LogP contribution < -0.4 is 10.9 Å². The summed E-state index contributed by atoms with van der Waals surface area (Å²) in [4.78, 5) is 25.5. The van der Waals surface area contributed by atoms with E-state index >= 15 is 0 Å². The van der Waals surface area contributed by atoms with E-state index in [4.69, 9.17) is 6.57 Å². The van der Waals surface area contributed by atoms with E-state index in [1.165, 1.54) is 0 Å². The summed E-state index contributed by atoms with van der Waals surface area (Å²) in [6, 6.07) is 16.2. The number of fused-ring (bicyclic) bond motifs is 1. The molecule has 0 aliphatic heterocycles. The topological polar surface area (TPSA) is 64.2 Å². The van der Waals surface area contributed by atoms with E-state index in [-0.39, 0.29) is 5.56 Å². The molecule has 6 heteroatoms. The molecular formula is C21H15N5O. The monoisotopic (exact) mass is 353 g/mol. The lowest BCUT2D eigenvalue weighted by atomic mass is 10.2. The van der Waals surface area contributed by atoms with Crippen LogP contribution >= 0.6 is 0 Å². The van der Waals surface area contributed by atoms with Crippen LogP contribution in [0.4, 0.5) is 17.3 Å². The molecule has 2 aromatic carbocycles. The van der Waals surface area contributed by atoms with Gasteiger partial charge < -0.3 is 5.32 Å². The van der Waals surface area contributed by atoms with Crippen LogP contribution in [0.25, 0.3) is 21.4 Å². The number of aromatic nitrogens is 3. The highest BCUT2D eigenvalue weighted by Crippen LogP contribution is 2.24. The highest BCUT2D eigenvalue weighted by Gasteiger charge is 2.15. The molecule has 4 rings (SSSR count). The van der Waals surface area contributed by atoms with Gasteiger partial charge in [0.25, 0.3) is 5.56 Å². The third kappa shape index (κ3) is 3.02. The number of benzene rings is 2. The average molecular weight is 353 g/mol. The van der Waals surface area contributed by atoms with Crippen molar-refractivity contribution in [2.24, 2.45) is 0 Å². The quantitative estimate of drug-likeness (QED) is 0.555. The van der Waals surface area contributed by atoms with Gasteiger partial charge in [0.1, 0.15) is 0 Å². The first kappa shape index (κ1) is 16.5. The Bertz CT molecular complexity index is 1240. The predicted molar refractivity (Wildman–Crippen MR) is 106 cm³/mol. The van der Waals surface area contributed by atoms with Gasteiger partial charge in [0, 0.05) is 6.20 Å². The SMILES string of the molecule is [C-]#[N+]c1ccc2nc(Nc3cccnc3)n(-c3ccccc3C)c(=O)c2c1. The third-order valence-corrected chi connectivity index (χ3v) is 4.25. The molecule has 0 amide bonds. The Kier molecular flexibility index (Phi) is 4.11. The molecule has 4 aromatic rings. The van der Waals surface area contributed by atoms with E-state index in [9.17, 15) is 4.79 Å². The van der Waals surface area contributed by atoms with Crippen LogP contribution in [0.5, 0.6) is 0 Å². The minimum atomic E-state index is -0.230. The molecule has 0 bridgehead atoms. The molecule has 0 spiro atoms. The Balaban J connectivity index is 2.03. The maximum absolute atomic E-state index is 13.3. The van der Waals surface area contributed by atoms with E-state index in [0.717, 1.165) is 16.9 Å². The first-order chi connectivity index (χ1) is 13.2. The summed E-state index contributed by atoms with van der Waals surface area (Å²) in [6.45, 7) is 9.15. The zero-order valence-corrected chi connectivity index (χ0v) is 14.5. The van der Waals surface area contributed by atoms with Gasteiger partial charge >= 0.3 is 0 Å². The molecule has 0 saturated heterocycles. The molecule has 0 aliphatic rings. The summed E-state index contributed by atoms with van der Waals surface area (Å²) < 4.78 is 1.54. The molecule has 0 saturated carbocycles. The second kappa shape index (κ2) is 6.73. The maximum atomic E-state index is 13.3. The Morgan fingerprint density at radius 1 is 1.11 bits per heavy atom. The van der Waals surface area contributed by atoms with Crippen molar-refractivity contribution in [3.05, 3.63) is 94.3 Å². The Morgan fingerprint density at radius 2 is 1.96 bits per heavy atom. The van der Waals surface area contributed by atoms with Crippen molar-refractivity contribution in [1.82, 2.24) is 14.5 Å². The highest BCUT2D eigenvalue weighted by molar-refractivity contribution is 5.83. The first-order valence-electron chi connectivity index (χ1n) is 8.35. The number of pyridine rings is 1. The van der Waals surface area contributed by atoms with Gasteiger partial charge in [0.15, 0.2) is 5.69 Å². The first-order valence-corrected chi connectivity index (χ1v) is 8.35. The van der Waals surface area contributed by atoms with Crippen LogP contribution in [-0.4, -0.2) is 14.5 Å². The largest absolute Gasteiger partial charge is 0.324 e. The number of anilines is 2. The van der Waals surface area contributed by atoms with E-state index in [0.29, 0.717) is 22.5 Å². The zero-order valence-electron chi connectivity index (χ0n) is 14.5. The number of para-hydroxylation sites is 1. The number of aryl methyl sites for hydroxylation is 1. The molecule has 0 unspecified atom stereocenters. The fraction of sp³-hybridized carbons (Fsp3) is 0.0476. The maximum Gasteiger partial charge on any atom is 0.266 e. The summed E-state index contributed by atoms with van der Waals surface area (Å²) in [5.74, 6) is 0.394. The average Bonchev–Trinajstić information content (AvgIpc) is 2.70. The number of hydrogen-bond acceptors (Lipinski definition) is 4. The van der Waals surface area contributed by atoms with Gasteiger partial charge in [-0.05, 0) is 42.8 Å². The molecule has 0 fully saturated rings. The summed E-state index contributed by atoms with van der Waals surface area (Å²) in [5.41, 5.74) is 3.11. The van der Waals surface area contributed by atoms with Crippen molar-refractivity contribution in [3.8, 4) is 5.69 Å². The van der Waals surface area contributed by atoms with Gasteiger partial charge in [-0.2, -0.15) is 0 Å². The molecule has 2 aromatic heterocycles. The van der Waals surface area contributed by atoms with Crippen molar-refractivity contribution >= 4 is 28.2 Å². The van der Waals surface area contributed by atoms with Crippen LogP contribution in [0.2, 0.25) is 0 Å². The standard InChI is InChI=1S/C21H15N5O/c1-14-6-3-4-8-19(14)26-20(27)17-12-15(22-2)9-10-18(17)25-21(26)24-16-7-5-11-23-13-16/h3-13H,1H3,(H,24,25). The van der Waals surface area contributed by atoms with Gasteiger partial charge in [-0.15, -0.1) is 0 Å². The number of hydrogen-bond donors (Lipinski definition) is 1. The van der Waals surface area contributed by atoms with Crippen LogP contribution in [0.3, 0.4) is 0 Å². The van der Waals surface area contributed by atoms with E-state index < -0.39 is 0 Å². The molecule has 27 heavy (non-hydrogen) atoms. The molecule has 0 atom stereocenters. The zero-order chi connectivity index (χ0) is 18.8. The van der Waals surface area contributed by atoms with Gasteiger partial charge in [0.05, 0.1) is 35.0 Å². The smallest absolute Gasteiger partial charge is 0.266 e. The lowest BCUT2D eigenvalue weighted by Gasteiger charge is -2.16. The van der Waals surface area contributed by atoms with Crippen LogP contribution in [0, 0.1) is 13.5 Å². The van der Waals surface area contributed by atoms with Gasteiger partial charge in [0.2, 0.25) is 5.95 Å². The summed E-state index contributed by atoms with van der Waals surface area (Å²) in [6.07, 6.45) is 3.35. The Labute approximate surface area is 155 Å². The highest BCUT2D eigenvalue weighted by atomic mass is 16.1. The van der Waals surface area contributed by atoms with Crippen molar-refractivity contribution in [3.63, 3.8) is 0 Å². The molecular weight excluding hydrogens is 338 g/mol. The lowest BCUT2D eigenvalue weighted by Crippen LogP contribution is -2.23. The van der Waals surface area contributed by atoms with Crippen molar-refractivity contribution in [1.29, 1.82) is 0 Å². The van der Waals surface area contributed by atoms with Crippen molar-refractivity contribution in [2.45, 2.75) is 6.92 Å². The van der Waals surface area contributed by atoms with E-state index in [2.05, 4.69) is 20.1 Å². The van der Waals surface area contributed by atoms with Gasteiger partial charge in [-0.1, -0.05) is 24.3 Å². The Hall–Kier alpha value is -3.98. The predicted octanol–water partition coefficient (Wildman–Crippen LogP) is 4.38. The molecule has 2 heterocycles. The minimum absolute atomic E-state index is 0.230. The number of nitrogens with one attached hydrogen (secondary N) is 1. The van der Waals surface area contributed by atoms with E-state index in [1.807, 2.05) is 43.3 Å². The fourth-order valence-corrected chi connectivity index (χ4v) is 2.93. The van der Waals surface area contributed by atoms with Crippen LogP contribution in [0.1, 0.15) is 5.56 Å². The third-order valence-electron chi connectivity index (χ3n) is 4.25. The fourth-order valence-electron chi connectivity index (χ4n) is 2.93. The van der Waals surface area contributed by atoms with Crippen molar-refractivity contribution < 1.29 is 0 Å². The molecule has 1 N–H and O–H groups in total. The molecule has 0 radical (unpaired) electrons. The van der Waals surface area contributed by atoms with Gasteiger partial charge in [-0.25, -0.2) is 14.4 Å². The Morgan fingerprint density at radius 3 is 2.70 bits per heavy atom.